The van der Waals surface area contributed by atoms with Gasteiger partial charge in [-0.15, -0.1) is 0 Å². The van der Waals surface area contributed by atoms with Crippen LogP contribution in [-0.2, 0) is 4.79 Å². The van der Waals surface area contributed by atoms with E-state index in [0.29, 0.717) is 12.1 Å². The van der Waals surface area contributed by atoms with Gasteiger partial charge in [0.05, 0.1) is 0 Å². The Morgan fingerprint density at radius 3 is 2.18 bits per heavy atom. The van der Waals surface area contributed by atoms with Gasteiger partial charge in [0.1, 0.15) is 0 Å². The van der Waals surface area contributed by atoms with Crippen LogP contribution in [0, 0.1) is 0 Å². The average molecular weight is 382 g/mol. The lowest BCUT2D eigenvalue weighted by Gasteiger charge is -2.41. The Morgan fingerprint density at radius 1 is 0.857 bits per heavy atom. The van der Waals surface area contributed by atoms with Crippen LogP contribution in [0.5, 0.6) is 11.5 Å². The number of fused-ring (bicyclic) bond motifs is 1. The standard InChI is InChI=1S/C24H31NO3/c26-24(14-8-7-9-19-15-16-22-23(17-19)28-18-27-22)25(20-10-3-1-4-11-20)21-12-5-2-6-13-21/h7-9,14-17,20-21H,1-6,10-13,18H2/b9-7?,14-8+. The van der Waals surface area contributed by atoms with Gasteiger partial charge >= 0.3 is 0 Å². The quantitative estimate of drug-likeness (QED) is 0.501. The van der Waals surface area contributed by atoms with E-state index in [1.165, 1.54) is 64.2 Å². The van der Waals surface area contributed by atoms with E-state index in [-0.39, 0.29) is 12.7 Å². The summed E-state index contributed by atoms with van der Waals surface area (Å²) in [6.07, 6.45) is 19.9. The van der Waals surface area contributed by atoms with Crippen molar-refractivity contribution in [1.82, 2.24) is 4.90 Å². The Morgan fingerprint density at radius 2 is 1.50 bits per heavy atom. The molecule has 4 nitrogen and oxygen atoms in total. The number of carbonyl (C=O) groups is 1. The lowest BCUT2D eigenvalue weighted by molar-refractivity contribution is -0.132. The highest BCUT2D eigenvalue weighted by molar-refractivity contribution is 5.88. The molecule has 1 aromatic carbocycles. The second-order valence-corrected chi connectivity index (χ2v) is 8.16. The molecule has 150 valence electrons. The summed E-state index contributed by atoms with van der Waals surface area (Å²) in [5, 5.41) is 0. The molecule has 0 bridgehead atoms. The summed E-state index contributed by atoms with van der Waals surface area (Å²) in [6.45, 7) is 0.287. The largest absolute Gasteiger partial charge is 0.454 e. The zero-order valence-corrected chi connectivity index (χ0v) is 16.6. The monoisotopic (exact) mass is 381 g/mol. The van der Waals surface area contributed by atoms with E-state index < -0.39 is 0 Å². The van der Waals surface area contributed by atoms with Gasteiger partial charge in [0.2, 0.25) is 12.7 Å². The molecule has 0 saturated heterocycles. The maximum atomic E-state index is 13.1. The molecule has 4 rings (SSSR count). The van der Waals surface area contributed by atoms with Gasteiger partial charge in [-0.05, 0) is 43.4 Å². The molecule has 4 heteroatoms. The van der Waals surface area contributed by atoms with Crippen molar-refractivity contribution in [2.45, 2.75) is 76.3 Å². The molecule has 0 radical (unpaired) electrons. The number of nitrogens with zero attached hydrogens (tertiary/aromatic N) is 1. The van der Waals surface area contributed by atoms with Gasteiger partial charge in [-0.1, -0.05) is 62.8 Å². The maximum Gasteiger partial charge on any atom is 0.247 e. The molecule has 2 aliphatic carbocycles. The highest BCUT2D eigenvalue weighted by atomic mass is 16.7. The molecule has 2 saturated carbocycles. The topological polar surface area (TPSA) is 38.8 Å². The molecule has 0 spiro atoms. The maximum absolute atomic E-state index is 13.1. The fourth-order valence-corrected chi connectivity index (χ4v) is 4.78. The Balaban J connectivity index is 1.41. The van der Waals surface area contributed by atoms with Crippen molar-refractivity contribution in [2.24, 2.45) is 0 Å². The normalized spacial score (nSPS) is 20.9. The minimum atomic E-state index is 0.189. The first kappa shape index (κ1) is 19.1. The second-order valence-electron chi connectivity index (χ2n) is 8.16. The van der Waals surface area contributed by atoms with Crippen molar-refractivity contribution in [1.29, 1.82) is 0 Å². The number of rotatable bonds is 5. The van der Waals surface area contributed by atoms with Crippen LogP contribution < -0.4 is 9.47 Å². The van der Waals surface area contributed by atoms with Crippen LogP contribution in [0.4, 0.5) is 0 Å². The molecular formula is C24H31NO3. The SMILES string of the molecule is O=C(/C=C/C=Cc1ccc2c(c1)OCO2)N(C1CCCCC1)C1CCCCC1. The molecule has 3 aliphatic rings. The third-order valence-corrected chi connectivity index (χ3v) is 6.23. The van der Waals surface area contributed by atoms with Gasteiger partial charge in [0, 0.05) is 18.2 Å². The van der Waals surface area contributed by atoms with Crippen LogP contribution >= 0.6 is 0 Å². The van der Waals surface area contributed by atoms with Crippen LogP contribution in [-0.4, -0.2) is 29.7 Å². The van der Waals surface area contributed by atoms with Crippen molar-refractivity contribution in [3.05, 3.63) is 42.0 Å². The minimum absolute atomic E-state index is 0.189. The smallest absolute Gasteiger partial charge is 0.247 e. The predicted molar refractivity (Wildman–Crippen MR) is 111 cm³/mol. The first-order chi connectivity index (χ1) is 13.8. The molecule has 1 aliphatic heterocycles. The minimum Gasteiger partial charge on any atom is -0.454 e. The van der Waals surface area contributed by atoms with Gasteiger partial charge in [-0.3, -0.25) is 4.79 Å². The number of hydrogen-bond acceptors (Lipinski definition) is 3. The molecule has 1 heterocycles. The van der Waals surface area contributed by atoms with Crippen LogP contribution in [0.1, 0.15) is 69.8 Å². The zero-order valence-electron chi connectivity index (χ0n) is 16.6. The van der Waals surface area contributed by atoms with E-state index in [2.05, 4.69) is 4.90 Å². The van der Waals surface area contributed by atoms with Crippen molar-refractivity contribution in [3.63, 3.8) is 0 Å². The molecule has 0 N–H and O–H groups in total. The van der Waals surface area contributed by atoms with Crippen molar-refractivity contribution in [3.8, 4) is 11.5 Å². The van der Waals surface area contributed by atoms with Crippen LogP contribution in [0.25, 0.3) is 6.08 Å². The summed E-state index contributed by atoms with van der Waals surface area (Å²) in [4.78, 5) is 15.3. The number of carbonyl (C=O) groups excluding carboxylic acids is 1. The molecule has 0 aromatic heterocycles. The van der Waals surface area contributed by atoms with Gasteiger partial charge in [-0.2, -0.15) is 0 Å². The zero-order chi connectivity index (χ0) is 19.2. The summed E-state index contributed by atoms with van der Waals surface area (Å²) in [5.41, 5.74) is 1.04. The fourth-order valence-electron chi connectivity index (χ4n) is 4.78. The summed E-state index contributed by atoms with van der Waals surface area (Å²) in [7, 11) is 0. The van der Waals surface area contributed by atoms with Crippen molar-refractivity contribution < 1.29 is 14.3 Å². The second kappa shape index (κ2) is 9.31. The van der Waals surface area contributed by atoms with Crippen LogP contribution in [0.15, 0.2) is 36.4 Å². The molecule has 28 heavy (non-hydrogen) atoms. The average Bonchev–Trinajstić information content (AvgIpc) is 3.21. The Hall–Kier alpha value is -2.23. The van der Waals surface area contributed by atoms with Crippen molar-refractivity contribution >= 4 is 12.0 Å². The van der Waals surface area contributed by atoms with Gasteiger partial charge in [-0.25, -0.2) is 0 Å². The molecular weight excluding hydrogens is 350 g/mol. The third-order valence-electron chi connectivity index (χ3n) is 6.23. The Kier molecular flexibility index (Phi) is 6.35. The van der Waals surface area contributed by atoms with E-state index >= 15 is 0 Å². The van der Waals surface area contributed by atoms with Crippen molar-refractivity contribution in [2.75, 3.05) is 6.79 Å². The summed E-state index contributed by atoms with van der Waals surface area (Å²) < 4.78 is 10.8. The summed E-state index contributed by atoms with van der Waals surface area (Å²) in [5.74, 6) is 1.76. The van der Waals surface area contributed by atoms with Crippen LogP contribution in [0.3, 0.4) is 0 Å². The first-order valence-corrected chi connectivity index (χ1v) is 10.9. The van der Waals surface area contributed by atoms with Gasteiger partial charge in [0.25, 0.3) is 0 Å². The number of hydrogen-bond donors (Lipinski definition) is 0. The van der Waals surface area contributed by atoms with E-state index in [0.717, 1.165) is 17.1 Å². The van der Waals surface area contributed by atoms with Gasteiger partial charge in [0.15, 0.2) is 11.5 Å². The highest BCUT2D eigenvalue weighted by Crippen LogP contribution is 2.33. The first-order valence-electron chi connectivity index (χ1n) is 10.9. The number of ether oxygens (including phenoxy) is 2. The molecule has 0 unspecified atom stereocenters. The van der Waals surface area contributed by atoms with Crippen LogP contribution in [0.2, 0.25) is 0 Å². The predicted octanol–water partition coefficient (Wildman–Crippen LogP) is 5.48. The number of allylic oxidation sites excluding steroid dienone is 2. The summed E-state index contributed by atoms with van der Waals surface area (Å²) in [6, 6.07) is 6.75. The molecule has 1 aromatic rings. The fraction of sp³-hybridized carbons (Fsp3) is 0.542. The number of benzene rings is 1. The Bertz CT molecular complexity index is 709. The lowest BCUT2D eigenvalue weighted by atomic mass is 9.88. The summed E-state index contributed by atoms with van der Waals surface area (Å²) >= 11 is 0. The van der Waals surface area contributed by atoms with Gasteiger partial charge < -0.3 is 14.4 Å². The van der Waals surface area contributed by atoms with E-state index in [1.807, 2.05) is 36.4 Å². The molecule has 2 fully saturated rings. The third kappa shape index (κ3) is 4.60. The molecule has 0 atom stereocenters. The van der Waals surface area contributed by atoms with E-state index in [4.69, 9.17) is 9.47 Å². The Labute approximate surface area is 168 Å². The number of amides is 1. The molecule has 1 amide bonds. The lowest BCUT2D eigenvalue weighted by Crippen LogP contribution is -2.48. The van der Waals surface area contributed by atoms with E-state index in [9.17, 15) is 4.79 Å². The van der Waals surface area contributed by atoms with E-state index in [1.54, 1.807) is 6.08 Å². The highest BCUT2D eigenvalue weighted by Gasteiger charge is 2.31.